The average Bonchev–Trinajstić information content (AvgIpc) is 3.71. The molecule has 0 bridgehead atoms. The lowest BCUT2D eigenvalue weighted by molar-refractivity contribution is 0.0375. The third-order valence-corrected chi connectivity index (χ3v) is 7.85. The zero-order chi connectivity index (χ0) is 26.1. The predicted molar refractivity (Wildman–Crippen MR) is 147 cm³/mol. The zero-order valence-electron chi connectivity index (χ0n) is 21.8. The fraction of sp³-hybridized carbons (Fsp3) is 0.400. The molecule has 194 valence electrons. The molecule has 2 aromatic carbocycles. The van der Waals surface area contributed by atoms with Crippen molar-refractivity contribution >= 4 is 17.7 Å². The number of methoxy groups -OCH3 is 1. The van der Waals surface area contributed by atoms with E-state index in [0.717, 1.165) is 57.9 Å². The summed E-state index contributed by atoms with van der Waals surface area (Å²) < 4.78 is 18.7. The second kappa shape index (κ2) is 10.8. The van der Waals surface area contributed by atoms with Crippen molar-refractivity contribution in [2.24, 2.45) is 0 Å². The summed E-state index contributed by atoms with van der Waals surface area (Å²) in [6.07, 6.45) is 2.36. The summed E-state index contributed by atoms with van der Waals surface area (Å²) in [7, 11) is 1.69. The van der Waals surface area contributed by atoms with Crippen LogP contribution in [0.2, 0.25) is 0 Å². The molecule has 2 aliphatic rings. The zero-order valence-corrected chi connectivity index (χ0v) is 22.6. The molecular formula is C30H33NO5S. The molecule has 7 heteroatoms. The van der Waals surface area contributed by atoms with Gasteiger partial charge >= 0.3 is 5.97 Å². The number of aromatic nitrogens is 1. The first kappa shape index (κ1) is 25.6. The minimum absolute atomic E-state index is 0.0580. The van der Waals surface area contributed by atoms with E-state index in [0.29, 0.717) is 13.2 Å². The molecule has 1 atom stereocenters. The molecule has 1 aliphatic heterocycles. The number of hydrogen-bond donors (Lipinski definition) is 0. The number of thioether (sulfide) groups is 1. The molecule has 0 amide bonds. The van der Waals surface area contributed by atoms with E-state index in [2.05, 4.69) is 31.2 Å². The van der Waals surface area contributed by atoms with E-state index in [1.54, 1.807) is 38.8 Å². The molecule has 0 saturated heterocycles. The fourth-order valence-electron chi connectivity index (χ4n) is 4.80. The minimum Gasteiger partial charge on any atom is -0.493 e. The molecule has 1 aromatic heterocycles. The Morgan fingerprint density at radius 2 is 1.84 bits per heavy atom. The standard InChI is InChI=1S/C30H33NO5S/c1-18(2)36-30(33)25-15-22-19(3)37-27-17-26(35-14-8-13-34-4)23(20-9-6-5-7-10-20)16-24(27)28(22)31(29(25)32)21-11-12-21/h5-7,9-10,15-19,21H,8,11-14H2,1-4H3. The third kappa shape index (κ3) is 5.20. The van der Waals surface area contributed by atoms with Crippen LogP contribution >= 0.6 is 11.8 Å². The van der Waals surface area contributed by atoms with Gasteiger partial charge in [0.25, 0.3) is 5.56 Å². The molecule has 1 unspecified atom stereocenters. The van der Waals surface area contributed by atoms with Crippen LogP contribution in [0.4, 0.5) is 0 Å². The van der Waals surface area contributed by atoms with Crippen molar-refractivity contribution in [3.05, 3.63) is 70.0 Å². The van der Waals surface area contributed by atoms with Crippen LogP contribution in [0.5, 0.6) is 5.75 Å². The number of fused-ring (bicyclic) bond motifs is 3. The lowest BCUT2D eigenvalue weighted by atomic mass is 9.95. The quantitative estimate of drug-likeness (QED) is 0.233. The molecule has 37 heavy (non-hydrogen) atoms. The highest BCUT2D eigenvalue weighted by molar-refractivity contribution is 7.99. The van der Waals surface area contributed by atoms with Crippen molar-refractivity contribution in [2.75, 3.05) is 20.3 Å². The van der Waals surface area contributed by atoms with Crippen molar-refractivity contribution in [1.29, 1.82) is 0 Å². The summed E-state index contributed by atoms with van der Waals surface area (Å²) in [6, 6.07) is 16.3. The van der Waals surface area contributed by atoms with Crippen molar-refractivity contribution in [3.63, 3.8) is 0 Å². The molecule has 0 radical (unpaired) electrons. The number of benzene rings is 2. The van der Waals surface area contributed by atoms with Crippen LogP contribution in [0.15, 0.2) is 58.2 Å². The Bertz CT molecular complexity index is 1360. The number of hydrogen-bond acceptors (Lipinski definition) is 6. The molecule has 5 rings (SSSR count). The monoisotopic (exact) mass is 519 g/mol. The van der Waals surface area contributed by atoms with E-state index in [-0.39, 0.29) is 28.5 Å². The van der Waals surface area contributed by atoms with Crippen LogP contribution < -0.4 is 10.3 Å². The molecule has 0 N–H and O–H groups in total. The topological polar surface area (TPSA) is 66.8 Å². The molecule has 2 heterocycles. The van der Waals surface area contributed by atoms with E-state index in [1.165, 1.54) is 0 Å². The molecule has 1 saturated carbocycles. The van der Waals surface area contributed by atoms with Crippen LogP contribution in [0.1, 0.15) is 67.2 Å². The lowest BCUT2D eigenvalue weighted by Gasteiger charge is -2.29. The number of nitrogens with zero attached hydrogens (tertiary/aromatic N) is 1. The van der Waals surface area contributed by atoms with E-state index in [4.69, 9.17) is 14.2 Å². The minimum atomic E-state index is -0.551. The van der Waals surface area contributed by atoms with E-state index < -0.39 is 5.97 Å². The summed E-state index contributed by atoms with van der Waals surface area (Å²) >= 11 is 1.73. The Balaban J connectivity index is 1.69. The summed E-state index contributed by atoms with van der Waals surface area (Å²) in [4.78, 5) is 27.7. The molecule has 6 nitrogen and oxygen atoms in total. The van der Waals surface area contributed by atoms with Crippen LogP contribution in [0.3, 0.4) is 0 Å². The van der Waals surface area contributed by atoms with Gasteiger partial charge < -0.3 is 18.8 Å². The Morgan fingerprint density at radius 3 is 2.51 bits per heavy atom. The first-order valence-corrected chi connectivity index (χ1v) is 13.8. The molecule has 0 spiro atoms. The summed E-state index contributed by atoms with van der Waals surface area (Å²) in [5, 5.41) is 0.0580. The van der Waals surface area contributed by atoms with Gasteiger partial charge in [0, 0.05) is 47.5 Å². The Labute approximate surface area is 221 Å². The van der Waals surface area contributed by atoms with Gasteiger partial charge in [-0.1, -0.05) is 30.3 Å². The van der Waals surface area contributed by atoms with Crippen LogP contribution in [0.25, 0.3) is 22.4 Å². The van der Waals surface area contributed by atoms with Gasteiger partial charge in [0.2, 0.25) is 0 Å². The molecule has 3 aromatic rings. The number of carbonyl (C=O) groups excluding carboxylic acids is 1. The first-order chi connectivity index (χ1) is 17.9. The normalized spacial score (nSPS) is 16.3. The molecule has 1 fully saturated rings. The number of rotatable bonds is 9. The van der Waals surface area contributed by atoms with E-state index >= 15 is 0 Å². The maximum atomic E-state index is 13.7. The number of carbonyl (C=O) groups is 1. The van der Waals surface area contributed by atoms with Gasteiger partial charge in [-0.05, 0) is 62.9 Å². The van der Waals surface area contributed by atoms with Gasteiger partial charge in [-0.15, -0.1) is 11.8 Å². The summed E-state index contributed by atoms with van der Waals surface area (Å²) in [6.45, 7) is 6.91. The van der Waals surface area contributed by atoms with E-state index in [9.17, 15) is 9.59 Å². The fourth-order valence-corrected chi connectivity index (χ4v) is 5.95. The second-order valence-corrected chi connectivity index (χ2v) is 11.3. The van der Waals surface area contributed by atoms with Crippen molar-refractivity contribution in [3.8, 4) is 28.1 Å². The third-order valence-electron chi connectivity index (χ3n) is 6.65. The van der Waals surface area contributed by atoms with Gasteiger partial charge in [-0.3, -0.25) is 4.79 Å². The highest BCUT2D eigenvalue weighted by Gasteiger charge is 2.36. The number of ether oxygens (including phenoxy) is 3. The Kier molecular flexibility index (Phi) is 7.45. The Hall–Kier alpha value is -3.03. The van der Waals surface area contributed by atoms with Crippen molar-refractivity contribution in [2.45, 2.75) is 62.3 Å². The van der Waals surface area contributed by atoms with Crippen molar-refractivity contribution in [1.82, 2.24) is 4.57 Å². The van der Waals surface area contributed by atoms with Gasteiger partial charge in [0.05, 0.1) is 18.4 Å². The SMILES string of the molecule is COCCCOc1cc2c(cc1-c1ccccc1)-c1c(cc(C(=O)OC(C)C)c(=O)n1C1CC1)C(C)S2. The van der Waals surface area contributed by atoms with Gasteiger partial charge in [0.1, 0.15) is 11.3 Å². The average molecular weight is 520 g/mol. The molecule has 1 aliphatic carbocycles. The van der Waals surface area contributed by atoms with Crippen LogP contribution in [-0.4, -0.2) is 37.0 Å². The maximum Gasteiger partial charge on any atom is 0.344 e. The maximum absolute atomic E-state index is 13.7. The largest absolute Gasteiger partial charge is 0.493 e. The van der Waals surface area contributed by atoms with Gasteiger partial charge in [-0.25, -0.2) is 4.79 Å². The summed E-state index contributed by atoms with van der Waals surface area (Å²) in [5.41, 5.74) is 4.81. The van der Waals surface area contributed by atoms with E-state index in [1.807, 2.05) is 22.8 Å². The van der Waals surface area contributed by atoms with Gasteiger partial charge in [-0.2, -0.15) is 0 Å². The number of esters is 1. The smallest absolute Gasteiger partial charge is 0.344 e. The predicted octanol–water partition coefficient (Wildman–Crippen LogP) is 6.66. The highest BCUT2D eigenvalue weighted by atomic mass is 32.2. The Morgan fingerprint density at radius 1 is 1.08 bits per heavy atom. The van der Waals surface area contributed by atoms with Crippen LogP contribution in [0, 0.1) is 0 Å². The highest BCUT2D eigenvalue weighted by Crippen LogP contribution is 2.53. The molecular weight excluding hydrogens is 486 g/mol. The van der Waals surface area contributed by atoms with Crippen molar-refractivity contribution < 1.29 is 19.0 Å². The lowest BCUT2D eigenvalue weighted by Crippen LogP contribution is -2.31. The van der Waals surface area contributed by atoms with Crippen LogP contribution in [-0.2, 0) is 9.47 Å². The summed E-state index contributed by atoms with van der Waals surface area (Å²) in [5.74, 6) is 0.270. The first-order valence-electron chi connectivity index (χ1n) is 12.9. The van der Waals surface area contributed by atoms with Gasteiger partial charge in [0.15, 0.2) is 0 Å². The number of pyridine rings is 1. The second-order valence-electron chi connectivity index (χ2n) is 9.89.